The summed E-state index contributed by atoms with van der Waals surface area (Å²) in [6.07, 6.45) is 2.68. The van der Waals surface area contributed by atoms with Crippen LogP contribution >= 0.6 is 0 Å². The van der Waals surface area contributed by atoms with Crippen molar-refractivity contribution in [2.45, 2.75) is 6.92 Å². The van der Waals surface area contributed by atoms with Crippen molar-refractivity contribution >= 4 is 6.29 Å². The SMILES string of the molecule is Cc1ccc(-c2ccc(C=O)cc2)cn1. The lowest BCUT2D eigenvalue weighted by Gasteiger charge is -2.01. The van der Waals surface area contributed by atoms with Gasteiger partial charge in [0.2, 0.25) is 0 Å². The Morgan fingerprint density at radius 2 is 1.67 bits per heavy atom. The first-order chi connectivity index (χ1) is 7.29. The van der Waals surface area contributed by atoms with E-state index in [0.29, 0.717) is 5.56 Å². The van der Waals surface area contributed by atoms with E-state index < -0.39 is 0 Å². The predicted octanol–water partition coefficient (Wildman–Crippen LogP) is 2.87. The lowest BCUT2D eigenvalue weighted by molar-refractivity contribution is 0.112. The van der Waals surface area contributed by atoms with E-state index in [1.54, 1.807) is 0 Å². The number of benzene rings is 1. The second kappa shape index (κ2) is 4.05. The van der Waals surface area contributed by atoms with Crippen LogP contribution in [0.4, 0.5) is 0 Å². The van der Waals surface area contributed by atoms with Gasteiger partial charge in [0.25, 0.3) is 0 Å². The highest BCUT2D eigenvalue weighted by molar-refractivity contribution is 5.76. The minimum Gasteiger partial charge on any atom is -0.298 e. The average Bonchev–Trinajstić information content (AvgIpc) is 2.30. The van der Waals surface area contributed by atoms with Crippen LogP contribution in [0.1, 0.15) is 16.1 Å². The molecule has 2 heteroatoms. The molecule has 0 N–H and O–H groups in total. The Labute approximate surface area is 88.6 Å². The molecule has 0 spiro atoms. The number of carbonyl (C=O) groups is 1. The van der Waals surface area contributed by atoms with Gasteiger partial charge >= 0.3 is 0 Å². The van der Waals surface area contributed by atoms with Gasteiger partial charge in [-0.1, -0.05) is 30.3 Å². The molecule has 0 aliphatic rings. The van der Waals surface area contributed by atoms with E-state index in [1.165, 1.54) is 0 Å². The number of rotatable bonds is 2. The van der Waals surface area contributed by atoms with E-state index in [4.69, 9.17) is 0 Å². The molecule has 15 heavy (non-hydrogen) atoms. The maximum atomic E-state index is 10.5. The van der Waals surface area contributed by atoms with E-state index in [2.05, 4.69) is 4.98 Å². The van der Waals surface area contributed by atoms with Crippen LogP contribution in [0, 0.1) is 6.92 Å². The normalized spacial score (nSPS) is 9.93. The zero-order valence-electron chi connectivity index (χ0n) is 8.47. The summed E-state index contributed by atoms with van der Waals surface area (Å²) in [6.45, 7) is 1.96. The monoisotopic (exact) mass is 197 g/mol. The number of aldehydes is 1. The number of aryl methyl sites for hydroxylation is 1. The molecule has 0 saturated carbocycles. The van der Waals surface area contributed by atoms with E-state index in [-0.39, 0.29) is 0 Å². The molecule has 2 aromatic rings. The summed E-state index contributed by atoms with van der Waals surface area (Å²) in [7, 11) is 0. The zero-order chi connectivity index (χ0) is 10.7. The highest BCUT2D eigenvalue weighted by Gasteiger charge is 1.97. The third-order valence-corrected chi connectivity index (χ3v) is 2.29. The second-order valence-electron chi connectivity index (χ2n) is 3.43. The average molecular weight is 197 g/mol. The summed E-state index contributed by atoms with van der Waals surface area (Å²) in [6, 6.07) is 11.5. The topological polar surface area (TPSA) is 30.0 Å². The Morgan fingerprint density at radius 3 is 2.20 bits per heavy atom. The number of carbonyl (C=O) groups excluding carboxylic acids is 1. The number of hydrogen-bond acceptors (Lipinski definition) is 2. The largest absolute Gasteiger partial charge is 0.298 e. The fourth-order valence-corrected chi connectivity index (χ4v) is 1.39. The molecule has 1 heterocycles. The third-order valence-electron chi connectivity index (χ3n) is 2.29. The van der Waals surface area contributed by atoms with Gasteiger partial charge in [0.1, 0.15) is 6.29 Å². The van der Waals surface area contributed by atoms with Crippen molar-refractivity contribution in [2.75, 3.05) is 0 Å². The molecular weight excluding hydrogens is 186 g/mol. The van der Waals surface area contributed by atoms with Crippen molar-refractivity contribution < 1.29 is 4.79 Å². The molecule has 0 unspecified atom stereocenters. The lowest BCUT2D eigenvalue weighted by atomic mass is 10.1. The summed E-state index contributed by atoms with van der Waals surface area (Å²) in [5.74, 6) is 0. The van der Waals surface area contributed by atoms with Gasteiger partial charge in [-0.25, -0.2) is 0 Å². The molecule has 2 nitrogen and oxygen atoms in total. The molecule has 1 aromatic heterocycles. The Morgan fingerprint density at radius 1 is 1.00 bits per heavy atom. The van der Waals surface area contributed by atoms with E-state index in [1.807, 2.05) is 49.5 Å². The highest BCUT2D eigenvalue weighted by atomic mass is 16.1. The number of pyridine rings is 1. The van der Waals surface area contributed by atoms with Crippen molar-refractivity contribution in [1.29, 1.82) is 0 Å². The molecule has 0 bridgehead atoms. The van der Waals surface area contributed by atoms with Gasteiger partial charge in [-0.05, 0) is 18.6 Å². The van der Waals surface area contributed by atoms with Gasteiger partial charge in [0.05, 0.1) is 0 Å². The standard InChI is InChI=1S/C13H11NO/c1-10-2-5-13(8-14-10)12-6-3-11(9-15)4-7-12/h2-9H,1H3. The molecule has 0 fully saturated rings. The molecule has 0 aliphatic carbocycles. The minimum atomic E-state index is 0.693. The second-order valence-corrected chi connectivity index (χ2v) is 3.43. The van der Waals surface area contributed by atoms with Crippen molar-refractivity contribution in [1.82, 2.24) is 4.98 Å². The van der Waals surface area contributed by atoms with Gasteiger partial charge in [0.15, 0.2) is 0 Å². The van der Waals surface area contributed by atoms with Crippen LogP contribution in [0.3, 0.4) is 0 Å². The maximum absolute atomic E-state index is 10.5. The van der Waals surface area contributed by atoms with Crippen molar-refractivity contribution in [3.8, 4) is 11.1 Å². The number of hydrogen-bond donors (Lipinski definition) is 0. The molecule has 0 amide bonds. The first-order valence-corrected chi connectivity index (χ1v) is 4.78. The van der Waals surface area contributed by atoms with Gasteiger partial charge in [-0.15, -0.1) is 0 Å². The van der Waals surface area contributed by atoms with Gasteiger partial charge < -0.3 is 0 Å². The summed E-state index contributed by atoms with van der Waals surface area (Å²) < 4.78 is 0. The Bertz CT molecular complexity index is 457. The first kappa shape index (κ1) is 9.59. The number of nitrogens with zero attached hydrogens (tertiary/aromatic N) is 1. The molecule has 0 atom stereocenters. The first-order valence-electron chi connectivity index (χ1n) is 4.78. The molecule has 74 valence electrons. The molecule has 1 aromatic carbocycles. The van der Waals surface area contributed by atoms with Crippen LogP contribution in [0.25, 0.3) is 11.1 Å². The van der Waals surface area contributed by atoms with Gasteiger partial charge in [-0.2, -0.15) is 0 Å². The maximum Gasteiger partial charge on any atom is 0.150 e. The van der Waals surface area contributed by atoms with Crippen LogP contribution in [-0.4, -0.2) is 11.3 Å². The summed E-state index contributed by atoms with van der Waals surface area (Å²) >= 11 is 0. The Hall–Kier alpha value is -1.96. The predicted molar refractivity (Wildman–Crippen MR) is 59.8 cm³/mol. The molecular formula is C13H11NO. The molecule has 0 aliphatic heterocycles. The number of aromatic nitrogens is 1. The quantitative estimate of drug-likeness (QED) is 0.693. The van der Waals surface area contributed by atoms with E-state index in [0.717, 1.165) is 23.1 Å². The Balaban J connectivity index is 2.37. The lowest BCUT2D eigenvalue weighted by Crippen LogP contribution is -1.84. The van der Waals surface area contributed by atoms with Crippen molar-refractivity contribution in [3.63, 3.8) is 0 Å². The Kier molecular flexibility index (Phi) is 2.59. The minimum absolute atomic E-state index is 0.693. The molecule has 0 saturated heterocycles. The summed E-state index contributed by atoms with van der Waals surface area (Å²) in [5, 5.41) is 0. The van der Waals surface area contributed by atoms with Gasteiger partial charge in [0, 0.05) is 23.0 Å². The van der Waals surface area contributed by atoms with Crippen LogP contribution in [0.15, 0.2) is 42.6 Å². The molecule has 0 radical (unpaired) electrons. The van der Waals surface area contributed by atoms with Crippen LogP contribution < -0.4 is 0 Å². The van der Waals surface area contributed by atoms with Crippen LogP contribution in [0.5, 0.6) is 0 Å². The smallest absolute Gasteiger partial charge is 0.150 e. The van der Waals surface area contributed by atoms with Crippen molar-refractivity contribution in [3.05, 3.63) is 53.9 Å². The zero-order valence-corrected chi connectivity index (χ0v) is 8.47. The van der Waals surface area contributed by atoms with Crippen LogP contribution in [-0.2, 0) is 0 Å². The van der Waals surface area contributed by atoms with Gasteiger partial charge in [-0.3, -0.25) is 9.78 Å². The summed E-state index contributed by atoms with van der Waals surface area (Å²) in [5.41, 5.74) is 3.84. The fourth-order valence-electron chi connectivity index (χ4n) is 1.39. The van der Waals surface area contributed by atoms with E-state index in [9.17, 15) is 4.79 Å². The third kappa shape index (κ3) is 2.10. The molecule has 2 rings (SSSR count). The highest BCUT2D eigenvalue weighted by Crippen LogP contribution is 2.18. The van der Waals surface area contributed by atoms with Crippen LogP contribution in [0.2, 0.25) is 0 Å². The summed E-state index contributed by atoms with van der Waals surface area (Å²) in [4.78, 5) is 14.7. The van der Waals surface area contributed by atoms with Crippen molar-refractivity contribution in [2.24, 2.45) is 0 Å². The van der Waals surface area contributed by atoms with E-state index >= 15 is 0 Å². The fraction of sp³-hybridized carbons (Fsp3) is 0.0769.